The van der Waals surface area contributed by atoms with Crippen LogP contribution in [0.2, 0.25) is 0 Å². The van der Waals surface area contributed by atoms with Gasteiger partial charge in [0.15, 0.2) is 0 Å². The molecule has 1 aromatic carbocycles. The fraction of sp³-hybridized carbons (Fsp3) is 0.348. The zero-order valence-corrected chi connectivity index (χ0v) is 17.6. The normalized spacial score (nSPS) is 17.0. The van der Waals surface area contributed by atoms with Gasteiger partial charge in [0.2, 0.25) is 5.91 Å². The van der Waals surface area contributed by atoms with E-state index >= 15 is 0 Å². The third kappa shape index (κ3) is 4.93. The van der Waals surface area contributed by atoms with Gasteiger partial charge in [-0.25, -0.2) is 4.79 Å². The standard InChI is InChI=1S/C23H25N5O4/c29-20(16-9-5-2-6-10-16)24-11-12-28-14-17(19(27-28)15-7-3-1-4-8-15)13-18-21(30)25-23(32)26-22(18)31/h1,3-4,7-8,13-14,16H,2,5-6,9-12H2,(H,24,29)(H2,25,26,30,31,32). The van der Waals surface area contributed by atoms with E-state index in [4.69, 9.17) is 0 Å². The van der Waals surface area contributed by atoms with E-state index in [1.54, 1.807) is 10.9 Å². The van der Waals surface area contributed by atoms with Crippen LogP contribution in [-0.2, 0) is 20.9 Å². The summed E-state index contributed by atoms with van der Waals surface area (Å²) >= 11 is 0. The van der Waals surface area contributed by atoms with Gasteiger partial charge in [-0.3, -0.25) is 29.7 Å². The number of benzene rings is 1. The molecule has 0 radical (unpaired) electrons. The van der Waals surface area contributed by atoms with Crippen LogP contribution in [0.1, 0.15) is 37.7 Å². The Hall–Kier alpha value is -3.75. The number of nitrogens with zero attached hydrogens (tertiary/aromatic N) is 2. The second kappa shape index (κ2) is 9.59. The Kier molecular flexibility index (Phi) is 6.44. The number of aromatic nitrogens is 2. The van der Waals surface area contributed by atoms with Gasteiger partial charge >= 0.3 is 6.03 Å². The number of urea groups is 1. The molecule has 32 heavy (non-hydrogen) atoms. The maximum atomic E-state index is 12.4. The van der Waals surface area contributed by atoms with Crippen molar-refractivity contribution in [1.82, 2.24) is 25.7 Å². The molecule has 1 saturated heterocycles. The second-order valence-corrected chi connectivity index (χ2v) is 7.98. The van der Waals surface area contributed by atoms with Crippen LogP contribution in [0.3, 0.4) is 0 Å². The molecular weight excluding hydrogens is 410 g/mol. The number of imide groups is 2. The number of hydrogen-bond donors (Lipinski definition) is 3. The van der Waals surface area contributed by atoms with Crippen LogP contribution in [0, 0.1) is 5.92 Å². The molecule has 166 valence electrons. The van der Waals surface area contributed by atoms with E-state index in [2.05, 4.69) is 21.0 Å². The number of carbonyl (C=O) groups excluding carboxylic acids is 4. The van der Waals surface area contributed by atoms with Gasteiger partial charge in [0.25, 0.3) is 11.8 Å². The van der Waals surface area contributed by atoms with Gasteiger partial charge in [0.05, 0.1) is 12.2 Å². The fourth-order valence-corrected chi connectivity index (χ4v) is 4.04. The molecule has 5 amide bonds. The summed E-state index contributed by atoms with van der Waals surface area (Å²) in [4.78, 5) is 48.0. The minimum absolute atomic E-state index is 0.0858. The number of carbonyl (C=O) groups is 4. The maximum absolute atomic E-state index is 12.4. The lowest BCUT2D eigenvalue weighted by atomic mass is 9.89. The molecule has 2 fully saturated rings. The highest BCUT2D eigenvalue weighted by Crippen LogP contribution is 2.25. The molecule has 2 aliphatic rings. The van der Waals surface area contributed by atoms with Crippen molar-refractivity contribution in [2.24, 2.45) is 5.92 Å². The summed E-state index contributed by atoms with van der Waals surface area (Å²) in [5.74, 6) is -1.34. The molecule has 0 spiro atoms. The van der Waals surface area contributed by atoms with Crippen LogP contribution >= 0.6 is 0 Å². The van der Waals surface area contributed by atoms with Crippen LogP contribution in [0.15, 0.2) is 42.1 Å². The molecular formula is C23H25N5O4. The predicted molar refractivity (Wildman–Crippen MR) is 117 cm³/mol. The molecule has 0 unspecified atom stereocenters. The van der Waals surface area contributed by atoms with Crippen LogP contribution < -0.4 is 16.0 Å². The first-order chi connectivity index (χ1) is 15.5. The smallest absolute Gasteiger partial charge is 0.328 e. The van der Waals surface area contributed by atoms with Crippen molar-refractivity contribution >= 4 is 29.8 Å². The molecule has 9 heteroatoms. The second-order valence-electron chi connectivity index (χ2n) is 7.98. The first-order valence-corrected chi connectivity index (χ1v) is 10.8. The highest BCUT2D eigenvalue weighted by molar-refractivity contribution is 6.31. The topological polar surface area (TPSA) is 122 Å². The van der Waals surface area contributed by atoms with E-state index in [0.29, 0.717) is 24.3 Å². The zero-order valence-electron chi connectivity index (χ0n) is 17.6. The van der Waals surface area contributed by atoms with Gasteiger partial charge in [-0.05, 0) is 18.9 Å². The first kappa shape index (κ1) is 21.5. The SMILES string of the molecule is O=C1NC(=O)C(=Cc2cn(CCNC(=O)C3CCCCC3)nc2-c2ccccc2)C(=O)N1. The minimum Gasteiger partial charge on any atom is -0.354 e. The summed E-state index contributed by atoms with van der Waals surface area (Å²) in [5, 5.41) is 11.7. The van der Waals surface area contributed by atoms with Gasteiger partial charge in [-0.1, -0.05) is 49.6 Å². The molecule has 1 aliphatic carbocycles. The highest BCUT2D eigenvalue weighted by atomic mass is 16.2. The Labute approximate surface area is 185 Å². The Bertz CT molecular complexity index is 1050. The minimum atomic E-state index is -0.843. The maximum Gasteiger partial charge on any atom is 0.328 e. The van der Waals surface area contributed by atoms with E-state index in [0.717, 1.165) is 31.2 Å². The molecule has 1 aliphatic heterocycles. The lowest BCUT2D eigenvalue weighted by Crippen LogP contribution is -2.51. The number of hydrogen-bond acceptors (Lipinski definition) is 5. The summed E-state index contributed by atoms with van der Waals surface area (Å²) in [5.41, 5.74) is 1.79. The quantitative estimate of drug-likeness (QED) is 0.473. The van der Waals surface area contributed by atoms with E-state index in [9.17, 15) is 19.2 Å². The lowest BCUT2D eigenvalue weighted by Gasteiger charge is -2.20. The van der Waals surface area contributed by atoms with Crippen molar-refractivity contribution in [2.75, 3.05) is 6.54 Å². The largest absolute Gasteiger partial charge is 0.354 e. The fourth-order valence-electron chi connectivity index (χ4n) is 4.04. The van der Waals surface area contributed by atoms with Crippen LogP contribution in [-0.4, -0.2) is 40.1 Å². The van der Waals surface area contributed by atoms with Gasteiger partial charge in [0, 0.05) is 29.8 Å². The van der Waals surface area contributed by atoms with Gasteiger partial charge in [0.1, 0.15) is 5.57 Å². The Morgan fingerprint density at radius 1 is 1.06 bits per heavy atom. The molecule has 2 heterocycles. The van der Waals surface area contributed by atoms with Gasteiger partial charge in [-0.15, -0.1) is 0 Å². The monoisotopic (exact) mass is 435 g/mol. The molecule has 0 atom stereocenters. The van der Waals surface area contributed by atoms with Crippen molar-refractivity contribution in [3.8, 4) is 11.3 Å². The van der Waals surface area contributed by atoms with E-state index < -0.39 is 17.8 Å². The Morgan fingerprint density at radius 2 is 1.75 bits per heavy atom. The van der Waals surface area contributed by atoms with E-state index in [1.807, 2.05) is 30.3 Å². The number of rotatable bonds is 6. The summed E-state index contributed by atoms with van der Waals surface area (Å²) < 4.78 is 1.68. The molecule has 3 N–H and O–H groups in total. The number of amides is 5. The summed E-state index contributed by atoms with van der Waals surface area (Å²) in [6.07, 6.45) is 8.42. The van der Waals surface area contributed by atoms with Crippen molar-refractivity contribution in [3.63, 3.8) is 0 Å². The van der Waals surface area contributed by atoms with Crippen LogP contribution in [0.25, 0.3) is 17.3 Å². The van der Waals surface area contributed by atoms with Crippen LogP contribution in [0.5, 0.6) is 0 Å². The van der Waals surface area contributed by atoms with E-state index in [1.165, 1.54) is 12.5 Å². The van der Waals surface area contributed by atoms with Crippen molar-refractivity contribution in [3.05, 3.63) is 47.7 Å². The average Bonchev–Trinajstić information content (AvgIpc) is 3.20. The summed E-state index contributed by atoms with van der Waals surface area (Å²) in [6.45, 7) is 0.870. The highest BCUT2D eigenvalue weighted by Gasteiger charge is 2.28. The van der Waals surface area contributed by atoms with Gasteiger partial charge < -0.3 is 5.32 Å². The number of barbiturate groups is 1. The average molecular weight is 435 g/mol. The predicted octanol–water partition coefficient (Wildman–Crippen LogP) is 2.00. The molecule has 2 aromatic rings. The Balaban J connectivity index is 1.53. The zero-order chi connectivity index (χ0) is 22.5. The molecule has 0 bridgehead atoms. The van der Waals surface area contributed by atoms with E-state index in [-0.39, 0.29) is 17.4 Å². The summed E-state index contributed by atoms with van der Waals surface area (Å²) in [6, 6.07) is 8.54. The van der Waals surface area contributed by atoms with Crippen LogP contribution in [0.4, 0.5) is 4.79 Å². The third-order valence-electron chi connectivity index (χ3n) is 5.70. The molecule has 1 saturated carbocycles. The summed E-state index contributed by atoms with van der Waals surface area (Å²) in [7, 11) is 0. The lowest BCUT2D eigenvalue weighted by molar-refractivity contribution is -0.126. The van der Waals surface area contributed by atoms with Crippen molar-refractivity contribution in [2.45, 2.75) is 38.6 Å². The molecule has 1 aromatic heterocycles. The Morgan fingerprint density at radius 3 is 2.44 bits per heavy atom. The van der Waals surface area contributed by atoms with Crippen molar-refractivity contribution < 1.29 is 19.2 Å². The molecule has 9 nitrogen and oxygen atoms in total. The third-order valence-corrected chi connectivity index (χ3v) is 5.70. The number of nitrogens with one attached hydrogen (secondary N) is 3. The van der Waals surface area contributed by atoms with Crippen molar-refractivity contribution in [1.29, 1.82) is 0 Å². The van der Waals surface area contributed by atoms with Gasteiger partial charge in [-0.2, -0.15) is 5.10 Å². The molecule has 4 rings (SSSR count). The first-order valence-electron chi connectivity index (χ1n) is 10.8.